The van der Waals surface area contributed by atoms with Gasteiger partial charge in [0.05, 0.1) is 7.11 Å². The van der Waals surface area contributed by atoms with Crippen LogP contribution in [0.3, 0.4) is 0 Å². The third kappa shape index (κ3) is 4.05. The molecule has 1 unspecified atom stereocenters. The number of rotatable bonds is 5. The Kier molecular flexibility index (Phi) is 4.73. The third-order valence-corrected chi connectivity index (χ3v) is 2.21. The van der Waals surface area contributed by atoms with Gasteiger partial charge in [0.25, 0.3) is 0 Å². The summed E-state index contributed by atoms with van der Waals surface area (Å²) in [5, 5.41) is 3.35. The van der Waals surface area contributed by atoms with E-state index in [-0.39, 0.29) is 0 Å². The van der Waals surface area contributed by atoms with Gasteiger partial charge in [0, 0.05) is 19.0 Å². The Morgan fingerprint density at radius 3 is 3.00 bits per heavy atom. The van der Waals surface area contributed by atoms with Gasteiger partial charge >= 0.3 is 0 Å². The summed E-state index contributed by atoms with van der Waals surface area (Å²) in [7, 11) is 1.67. The molecule has 2 heteroatoms. The zero-order valence-corrected chi connectivity index (χ0v) is 9.29. The first-order valence-electron chi connectivity index (χ1n) is 5.06. The van der Waals surface area contributed by atoms with Crippen LogP contribution in [0.2, 0.25) is 0 Å². The molecule has 0 fully saturated rings. The van der Waals surface area contributed by atoms with E-state index < -0.39 is 0 Å². The Morgan fingerprint density at radius 1 is 1.53 bits per heavy atom. The summed E-state index contributed by atoms with van der Waals surface area (Å²) < 4.78 is 5.15. The minimum Gasteiger partial charge on any atom is -0.497 e. The Labute approximate surface area is 91.6 Å². The molecular formula is C13H17NO. The molecule has 1 aromatic carbocycles. The fourth-order valence-corrected chi connectivity index (χ4v) is 1.32. The van der Waals surface area contributed by atoms with E-state index in [2.05, 4.69) is 24.2 Å². The lowest BCUT2D eigenvalue weighted by Gasteiger charge is -2.11. The molecule has 0 radical (unpaired) electrons. The predicted octanol–water partition coefficient (Wildman–Crippen LogP) is 2.20. The van der Waals surface area contributed by atoms with E-state index in [0.29, 0.717) is 6.04 Å². The molecule has 0 spiro atoms. The maximum absolute atomic E-state index is 5.23. The fourth-order valence-electron chi connectivity index (χ4n) is 1.32. The van der Waals surface area contributed by atoms with Crippen LogP contribution in [0.4, 0.5) is 0 Å². The van der Waals surface area contributed by atoms with E-state index in [1.54, 1.807) is 7.11 Å². The Balaban J connectivity index is 2.47. The number of benzene rings is 1. The smallest absolute Gasteiger partial charge is 0.119 e. The van der Waals surface area contributed by atoms with Crippen molar-refractivity contribution in [2.75, 3.05) is 7.11 Å². The number of nitrogens with one attached hydrogen (secondary N) is 1. The molecule has 0 saturated carbocycles. The van der Waals surface area contributed by atoms with Gasteiger partial charge in [-0.2, -0.15) is 0 Å². The maximum atomic E-state index is 5.23. The number of terminal acetylenes is 1. The quantitative estimate of drug-likeness (QED) is 0.741. The van der Waals surface area contributed by atoms with Gasteiger partial charge in [-0.05, 0) is 24.6 Å². The number of hydrogen-bond acceptors (Lipinski definition) is 2. The molecule has 1 N–H and O–H groups in total. The summed E-state index contributed by atoms with van der Waals surface area (Å²) in [4.78, 5) is 0. The topological polar surface area (TPSA) is 21.3 Å². The van der Waals surface area contributed by atoms with Crippen molar-refractivity contribution in [2.24, 2.45) is 0 Å². The number of hydrogen-bond donors (Lipinski definition) is 1. The first-order valence-corrected chi connectivity index (χ1v) is 5.06. The summed E-state index contributed by atoms with van der Waals surface area (Å²) in [6.45, 7) is 2.90. The van der Waals surface area contributed by atoms with Crippen molar-refractivity contribution >= 4 is 0 Å². The first-order chi connectivity index (χ1) is 7.26. The second-order valence-corrected chi connectivity index (χ2v) is 3.54. The highest BCUT2D eigenvalue weighted by molar-refractivity contribution is 5.28. The molecular weight excluding hydrogens is 186 g/mol. The molecule has 2 nitrogen and oxygen atoms in total. The van der Waals surface area contributed by atoms with Crippen molar-refractivity contribution in [2.45, 2.75) is 25.9 Å². The van der Waals surface area contributed by atoms with Gasteiger partial charge in [-0.15, -0.1) is 12.3 Å². The molecule has 0 aliphatic rings. The van der Waals surface area contributed by atoms with E-state index in [0.717, 1.165) is 18.7 Å². The van der Waals surface area contributed by atoms with Gasteiger partial charge in [0.15, 0.2) is 0 Å². The molecule has 0 heterocycles. The van der Waals surface area contributed by atoms with E-state index in [4.69, 9.17) is 11.2 Å². The average Bonchev–Trinajstić information content (AvgIpc) is 2.27. The zero-order chi connectivity index (χ0) is 11.1. The molecule has 1 atom stereocenters. The summed E-state index contributed by atoms with van der Waals surface area (Å²) in [6, 6.07) is 8.37. The highest BCUT2D eigenvalue weighted by atomic mass is 16.5. The van der Waals surface area contributed by atoms with Crippen molar-refractivity contribution in [3.63, 3.8) is 0 Å². The molecule has 15 heavy (non-hydrogen) atoms. The van der Waals surface area contributed by atoms with Crippen LogP contribution < -0.4 is 10.1 Å². The normalized spacial score (nSPS) is 11.8. The van der Waals surface area contributed by atoms with Gasteiger partial charge in [-0.25, -0.2) is 0 Å². The average molecular weight is 203 g/mol. The Bertz CT molecular complexity index is 341. The van der Waals surface area contributed by atoms with Crippen LogP contribution in [0.1, 0.15) is 18.9 Å². The van der Waals surface area contributed by atoms with Crippen LogP contribution >= 0.6 is 0 Å². The largest absolute Gasteiger partial charge is 0.497 e. The molecule has 0 bridgehead atoms. The molecule has 0 aromatic heterocycles. The monoisotopic (exact) mass is 203 g/mol. The molecule has 0 aliphatic carbocycles. The van der Waals surface area contributed by atoms with Crippen LogP contribution in [-0.4, -0.2) is 13.2 Å². The first kappa shape index (κ1) is 11.6. The van der Waals surface area contributed by atoms with Gasteiger partial charge in [-0.1, -0.05) is 12.1 Å². The van der Waals surface area contributed by atoms with Gasteiger partial charge in [0.1, 0.15) is 5.75 Å². The highest BCUT2D eigenvalue weighted by Crippen LogP contribution is 2.12. The Hall–Kier alpha value is -1.46. The molecule has 0 amide bonds. The minimum atomic E-state index is 0.348. The maximum Gasteiger partial charge on any atom is 0.119 e. The molecule has 0 aliphatic heterocycles. The van der Waals surface area contributed by atoms with E-state index in [1.807, 2.05) is 18.2 Å². The third-order valence-electron chi connectivity index (χ3n) is 2.21. The van der Waals surface area contributed by atoms with Crippen LogP contribution in [-0.2, 0) is 6.54 Å². The van der Waals surface area contributed by atoms with Gasteiger partial charge in [-0.3, -0.25) is 0 Å². The molecule has 0 saturated heterocycles. The van der Waals surface area contributed by atoms with Crippen molar-refractivity contribution in [1.29, 1.82) is 0 Å². The standard InChI is InChI=1S/C13H17NO/c1-4-6-11(2)14-10-12-7-5-8-13(9-12)15-3/h1,5,7-9,11,14H,6,10H2,2-3H3. The SMILES string of the molecule is C#CCC(C)NCc1cccc(OC)c1. The van der Waals surface area contributed by atoms with Crippen molar-refractivity contribution in [1.82, 2.24) is 5.32 Å². The van der Waals surface area contributed by atoms with Gasteiger partial charge < -0.3 is 10.1 Å². The van der Waals surface area contributed by atoms with Gasteiger partial charge in [0.2, 0.25) is 0 Å². The number of methoxy groups -OCH3 is 1. The lowest BCUT2D eigenvalue weighted by Crippen LogP contribution is -2.24. The molecule has 1 rings (SSSR count). The second kappa shape index (κ2) is 6.10. The van der Waals surface area contributed by atoms with E-state index in [9.17, 15) is 0 Å². The van der Waals surface area contributed by atoms with Crippen LogP contribution in [0.5, 0.6) is 5.75 Å². The van der Waals surface area contributed by atoms with Crippen molar-refractivity contribution in [3.8, 4) is 18.1 Å². The Morgan fingerprint density at radius 2 is 2.33 bits per heavy atom. The lowest BCUT2D eigenvalue weighted by atomic mass is 10.2. The van der Waals surface area contributed by atoms with Crippen LogP contribution in [0.15, 0.2) is 24.3 Å². The van der Waals surface area contributed by atoms with E-state index in [1.165, 1.54) is 5.56 Å². The lowest BCUT2D eigenvalue weighted by molar-refractivity contribution is 0.414. The second-order valence-electron chi connectivity index (χ2n) is 3.54. The summed E-state index contributed by atoms with van der Waals surface area (Å²) >= 11 is 0. The summed E-state index contributed by atoms with van der Waals surface area (Å²) in [6.07, 6.45) is 5.99. The van der Waals surface area contributed by atoms with Crippen LogP contribution in [0.25, 0.3) is 0 Å². The predicted molar refractivity (Wildman–Crippen MR) is 62.7 cm³/mol. The highest BCUT2D eigenvalue weighted by Gasteiger charge is 2.00. The van der Waals surface area contributed by atoms with E-state index >= 15 is 0 Å². The zero-order valence-electron chi connectivity index (χ0n) is 9.29. The van der Waals surface area contributed by atoms with Crippen molar-refractivity contribution < 1.29 is 4.74 Å². The fraction of sp³-hybridized carbons (Fsp3) is 0.385. The molecule has 80 valence electrons. The summed E-state index contributed by atoms with van der Waals surface area (Å²) in [5.41, 5.74) is 1.21. The van der Waals surface area contributed by atoms with Crippen LogP contribution in [0, 0.1) is 12.3 Å². The molecule has 1 aromatic rings. The number of ether oxygens (including phenoxy) is 1. The van der Waals surface area contributed by atoms with Crippen molar-refractivity contribution in [3.05, 3.63) is 29.8 Å². The minimum absolute atomic E-state index is 0.348. The summed E-state index contributed by atoms with van der Waals surface area (Å²) in [5.74, 6) is 3.53.